The SMILES string of the molecule is COc1cccc(NC(=O)c2nc3ncccn3n2)c1OC. The Morgan fingerprint density at radius 1 is 1.23 bits per heavy atom. The van der Waals surface area contributed by atoms with Crippen LogP contribution in [0, 0.1) is 0 Å². The maximum atomic E-state index is 12.3. The Balaban J connectivity index is 1.91. The first-order valence-corrected chi connectivity index (χ1v) is 6.42. The van der Waals surface area contributed by atoms with Gasteiger partial charge in [0.15, 0.2) is 11.5 Å². The molecule has 1 amide bonds. The van der Waals surface area contributed by atoms with E-state index in [2.05, 4.69) is 20.4 Å². The van der Waals surface area contributed by atoms with Crippen molar-refractivity contribution in [2.45, 2.75) is 0 Å². The minimum atomic E-state index is -0.461. The summed E-state index contributed by atoms with van der Waals surface area (Å²) in [4.78, 5) is 20.4. The largest absolute Gasteiger partial charge is 0.493 e. The third-order valence-electron chi connectivity index (χ3n) is 2.97. The van der Waals surface area contributed by atoms with E-state index in [1.54, 1.807) is 36.7 Å². The van der Waals surface area contributed by atoms with Gasteiger partial charge in [0.2, 0.25) is 5.82 Å². The molecule has 22 heavy (non-hydrogen) atoms. The number of para-hydroxylation sites is 1. The molecule has 8 nitrogen and oxygen atoms in total. The highest BCUT2D eigenvalue weighted by molar-refractivity contribution is 6.02. The summed E-state index contributed by atoms with van der Waals surface area (Å²) in [5.41, 5.74) is 0.471. The second kappa shape index (κ2) is 5.68. The number of hydrogen-bond acceptors (Lipinski definition) is 6. The molecule has 0 unspecified atom stereocenters. The van der Waals surface area contributed by atoms with E-state index >= 15 is 0 Å². The Labute approximate surface area is 125 Å². The molecule has 8 heteroatoms. The molecule has 0 saturated carbocycles. The minimum Gasteiger partial charge on any atom is -0.493 e. The van der Waals surface area contributed by atoms with Gasteiger partial charge < -0.3 is 14.8 Å². The van der Waals surface area contributed by atoms with Gasteiger partial charge in [0.25, 0.3) is 11.7 Å². The molecule has 0 spiro atoms. The summed E-state index contributed by atoms with van der Waals surface area (Å²) in [5.74, 6) is 0.857. The highest BCUT2D eigenvalue weighted by atomic mass is 16.5. The van der Waals surface area contributed by atoms with Crippen LogP contribution in [0.25, 0.3) is 5.78 Å². The Bertz CT molecular complexity index is 797. The number of anilines is 1. The maximum absolute atomic E-state index is 12.3. The number of hydrogen-bond donors (Lipinski definition) is 1. The van der Waals surface area contributed by atoms with E-state index < -0.39 is 5.91 Å². The highest BCUT2D eigenvalue weighted by Gasteiger charge is 2.17. The van der Waals surface area contributed by atoms with Crippen LogP contribution >= 0.6 is 0 Å². The number of fused-ring (bicyclic) bond motifs is 1. The van der Waals surface area contributed by atoms with Crippen LogP contribution < -0.4 is 14.8 Å². The van der Waals surface area contributed by atoms with Gasteiger partial charge in [-0.05, 0) is 18.2 Å². The van der Waals surface area contributed by atoms with Gasteiger partial charge in [-0.25, -0.2) is 9.50 Å². The number of aromatic nitrogens is 4. The fraction of sp³-hybridized carbons (Fsp3) is 0.143. The van der Waals surface area contributed by atoms with Crippen molar-refractivity contribution in [2.24, 2.45) is 0 Å². The molecule has 0 fully saturated rings. The number of methoxy groups -OCH3 is 2. The summed E-state index contributed by atoms with van der Waals surface area (Å²) >= 11 is 0. The van der Waals surface area contributed by atoms with Gasteiger partial charge in [-0.2, -0.15) is 4.98 Å². The van der Waals surface area contributed by atoms with Crippen molar-refractivity contribution >= 4 is 17.4 Å². The molecule has 0 aliphatic carbocycles. The molecule has 2 heterocycles. The van der Waals surface area contributed by atoms with Crippen LogP contribution in [0.3, 0.4) is 0 Å². The third-order valence-corrected chi connectivity index (χ3v) is 2.97. The Hall–Kier alpha value is -3.16. The maximum Gasteiger partial charge on any atom is 0.295 e. The predicted molar refractivity (Wildman–Crippen MR) is 78.3 cm³/mol. The van der Waals surface area contributed by atoms with E-state index in [9.17, 15) is 4.79 Å². The lowest BCUT2D eigenvalue weighted by atomic mass is 10.2. The molecule has 3 rings (SSSR count). The molecule has 112 valence electrons. The van der Waals surface area contributed by atoms with Gasteiger partial charge in [0.05, 0.1) is 19.9 Å². The van der Waals surface area contributed by atoms with Gasteiger partial charge in [-0.15, -0.1) is 5.10 Å². The van der Waals surface area contributed by atoms with Crippen LogP contribution in [0.2, 0.25) is 0 Å². The number of ether oxygens (including phenoxy) is 2. The molecule has 0 atom stereocenters. The average Bonchev–Trinajstić information content (AvgIpc) is 2.98. The first-order valence-electron chi connectivity index (χ1n) is 6.42. The zero-order valence-electron chi connectivity index (χ0n) is 12.0. The fourth-order valence-electron chi connectivity index (χ4n) is 1.99. The summed E-state index contributed by atoms with van der Waals surface area (Å²) in [6.07, 6.45) is 3.25. The lowest BCUT2D eigenvalue weighted by Gasteiger charge is -2.12. The van der Waals surface area contributed by atoms with Crippen LogP contribution in [-0.4, -0.2) is 39.7 Å². The molecule has 2 aromatic heterocycles. The van der Waals surface area contributed by atoms with E-state index in [0.29, 0.717) is 23.0 Å². The van der Waals surface area contributed by atoms with E-state index in [0.717, 1.165) is 0 Å². The van der Waals surface area contributed by atoms with Crippen LogP contribution in [-0.2, 0) is 0 Å². The topological polar surface area (TPSA) is 90.6 Å². The van der Waals surface area contributed by atoms with E-state index in [1.807, 2.05) is 0 Å². The normalized spacial score (nSPS) is 10.5. The molecular formula is C14H13N5O3. The number of carbonyl (C=O) groups is 1. The van der Waals surface area contributed by atoms with Crippen molar-refractivity contribution in [3.8, 4) is 11.5 Å². The van der Waals surface area contributed by atoms with Crippen molar-refractivity contribution in [2.75, 3.05) is 19.5 Å². The van der Waals surface area contributed by atoms with E-state index in [4.69, 9.17) is 9.47 Å². The first-order chi connectivity index (χ1) is 10.7. The number of nitrogens with zero attached hydrogens (tertiary/aromatic N) is 4. The standard InChI is InChI=1S/C14H13N5O3/c1-21-10-6-3-5-9(11(10)22-2)16-13(20)12-17-14-15-7-4-8-19(14)18-12/h3-8H,1-2H3,(H,16,20). The van der Waals surface area contributed by atoms with Crippen molar-refractivity contribution < 1.29 is 14.3 Å². The molecule has 0 aliphatic rings. The van der Waals surface area contributed by atoms with Gasteiger partial charge in [-0.1, -0.05) is 6.07 Å². The summed E-state index contributed by atoms with van der Waals surface area (Å²) in [7, 11) is 3.03. The van der Waals surface area contributed by atoms with Crippen LogP contribution in [0.15, 0.2) is 36.7 Å². The van der Waals surface area contributed by atoms with Crippen molar-refractivity contribution in [1.82, 2.24) is 19.6 Å². The van der Waals surface area contributed by atoms with Gasteiger partial charge in [0, 0.05) is 12.4 Å². The minimum absolute atomic E-state index is 0.0172. The number of nitrogens with one attached hydrogen (secondary N) is 1. The molecule has 0 saturated heterocycles. The quantitative estimate of drug-likeness (QED) is 0.783. The monoisotopic (exact) mass is 299 g/mol. The fourth-order valence-corrected chi connectivity index (χ4v) is 1.99. The van der Waals surface area contributed by atoms with Gasteiger partial charge in [0.1, 0.15) is 0 Å². The molecule has 0 aliphatic heterocycles. The summed E-state index contributed by atoms with van der Waals surface area (Å²) in [6.45, 7) is 0. The Morgan fingerprint density at radius 3 is 2.82 bits per heavy atom. The first kappa shape index (κ1) is 13.8. The lowest BCUT2D eigenvalue weighted by Crippen LogP contribution is -2.14. The van der Waals surface area contributed by atoms with Crippen LogP contribution in [0.5, 0.6) is 11.5 Å². The summed E-state index contributed by atoms with van der Waals surface area (Å²) in [5, 5.41) is 6.77. The summed E-state index contributed by atoms with van der Waals surface area (Å²) < 4.78 is 11.9. The molecule has 1 aromatic carbocycles. The highest BCUT2D eigenvalue weighted by Crippen LogP contribution is 2.34. The second-order valence-corrected chi connectivity index (χ2v) is 4.29. The zero-order valence-corrected chi connectivity index (χ0v) is 12.0. The smallest absolute Gasteiger partial charge is 0.295 e. The number of benzene rings is 1. The predicted octanol–water partition coefficient (Wildman–Crippen LogP) is 1.39. The molecular weight excluding hydrogens is 286 g/mol. The van der Waals surface area contributed by atoms with Crippen molar-refractivity contribution in [3.63, 3.8) is 0 Å². The number of amides is 1. The lowest BCUT2D eigenvalue weighted by molar-refractivity contribution is 0.101. The molecule has 0 radical (unpaired) electrons. The summed E-state index contributed by atoms with van der Waals surface area (Å²) in [6, 6.07) is 6.89. The van der Waals surface area contributed by atoms with Gasteiger partial charge in [-0.3, -0.25) is 4.79 Å². The average molecular weight is 299 g/mol. The third kappa shape index (κ3) is 2.41. The van der Waals surface area contributed by atoms with Crippen LogP contribution in [0.4, 0.5) is 5.69 Å². The van der Waals surface area contributed by atoms with Gasteiger partial charge >= 0.3 is 0 Å². The molecule has 0 bridgehead atoms. The van der Waals surface area contributed by atoms with E-state index in [1.165, 1.54) is 18.7 Å². The Kier molecular flexibility index (Phi) is 3.57. The van der Waals surface area contributed by atoms with E-state index in [-0.39, 0.29) is 5.82 Å². The zero-order chi connectivity index (χ0) is 15.5. The van der Waals surface area contributed by atoms with Crippen LogP contribution in [0.1, 0.15) is 10.6 Å². The number of rotatable bonds is 4. The molecule has 3 aromatic rings. The van der Waals surface area contributed by atoms with Crippen molar-refractivity contribution in [1.29, 1.82) is 0 Å². The number of carbonyl (C=O) groups excluding carboxylic acids is 1. The Morgan fingerprint density at radius 2 is 2.09 bits per heavy atom. The second-order valence-electron chi connectivity index (χ2n) is 4.29. The van der Waals surface area contributed by atoms with Crippen molar-refractivity contribution in [3.05, 3.63) is 42.5 Å². The molecule has 1 N–H and O–H groups in total.